The van der Waals surface area contributed by atoms with Crippen LogP contribution in [0.2, 0.25) is 0 Å². The van der Waals surface area contributed by atoms with Crippen LogP contribution in [0.3, 0.4) is 0 Å². The molecule has 0 N–H and O–H groups in total. The summed E-state index contributed by atoms with van der Waals surface area (Å²) in [4.78, 5) is 15.0. The Morgan fingerprint density at radius 2 is 2.27 bits per heavy atom. The van der Waals surface area contributed by atoms with Gasteiger partial charge in [-0.25, -0.2) is 0 Å². The van der Waals surface area contributed by atoms with E-state index in [1.165, 1.54) is 6.92 Å². The van der Waals surface area contributed by atoms with E-state index >= 15 is 0 Å². The minimum Gasteiger partial charge on any atom is -0.294 e. The van der Waals surface area contributed by atoms with E-state index in [1.807, 2.05) is 6.92 Å². The molecule has 0 saturated carbocycles. The molecule has 58 valence electrons. The maximum Gasteiger partial charge on any atom is 0.161 e. The molecule has 0 aliphatic carbocycles. The molecule has 1 rings (SSSR count). The normalized spacial score (nSPS) is 9.73. The highest BCUT2D eigenvalue weighted by Gasteiger charge is 2.04. The van der Waals surface area contributed by atoms with E-state index in [0.717, 1.165) is 10.2 Å². The number of aromatic nitrogens is 1. The largest absolute Gasteiger partial charge is 0.294 e. The molecule has 0 aromatic carbocycles. The molecule has 0 aliphatic rings. The average molecular weight is 214 g/mol. The summed E-state index contributed by atoms with van der Waals surface area (Å²) in [6.45, 7) is 3.36. The van der Waals surface area contributed by atoms with Gasteiger partial charge in [0, 0.05) is 21.9 Å². The molecule has 1 aromatic heterocycles. The number of carbonyl (C=O) groups is 1. The van der Waals surface area contributed by atoms with Crippen LogP contribution in [0.5, 0.6) is 0 Å². The average Bonchev–Trinajstić information content (AvgIpc) is 1.94. The third-order valence-corrected chi connectivity index (χ3v) is 1.87. The highest BCUT2D eigenvalue weighted by Crippen LogP contribution is 2.13. The highest BCUT2D eigenvalue weighted by atomic mass is 79.9. The number of hydrogen-bond acceptors (Lipinski definition) is 2. The van der Waals surface area contributed by atoms with Crippen LogP contribution in [-0.2, 0) is 0 Å². The van der Waals surface area contributed by atoms with Crippen molar-refractivity contribution in [2.45, 2.75) is 13.8 Å². The van der Waals surface area contributed by atoms with Crippen LogP contribution < -0.4 is 0 Å². The third-order valence-electron chi connectivity index (χ3n) is 1.43. The van der Waals surface area contributed by atoms with Gasteiger partial charge in [0.2, 0.25) is 0 Å². The van der Waals surface area contributed by atoms with Crippen molar-refractivity contribution in [2.24, 2.45) is 0 Å². The molecule has 0 amide bonds. The van der Waals surface area contributed by atoms with Crippen molar-refractivity contribution < 1.29 is 4.79 Å². The lowest BCUT2D eigenvalue weighted by Crippen LogP contribution is -1.97. The number of hydrogen-bond donors (Lipinski definition) is 0. The first-order valence-electron chi connectivity index (χ1n) is 3.24. The first kappa shape index (κ1) is 8.40. The van der Waals surface area contributed by atoms with E-state index in [2.05, 4.69) is 20.9 Å². The number of nitrogens with zero attached hydrogens (tertiary/aromatic N) is 1. The minimum absolute atomic E-state index is 0.0521. The van der Waals surface area contributed by atoms with Gasteiger partial charge in [0.1, 0.15) is 0 Å². The molecule has 1 aromatic rings. The van der Waals surface area contributed by atoms with Crippen LogP contribution in [0.15, 0.2) is 16.7 Å². The summed E-state index contributed by atoms with van der Waals surface area (Å²) in [7, 11) is 0. The molecule has 0 radical (unpaired) electrons. The third kappa shape index (κ3) is 1.87. The number of aryl methyl sites for hydroxylation is 1. The van der Waals surface area contributed by atoms with Crippen LogP contribution in [0.4, 0.5) is 0 Å². The van der Waals surface area contributed by atoms with Gasteiger partial charge >= 0.3 is 0 Å². The smallest absolute Gasteiger partial charge is 0.161 e. The summed E-state index contributed by atoms with van der Waals surface area (Å²) in [6, 6.07) is 1.78. The first-order chi connectivity index (χ1) is 5.11. The number of ketones is 1. The summed E-state index contributed by atoms with van der Waals surface area (Å²) in [5.74, 6) is 0.0521. The zero-order chi connectivity index (χ0) is 8.43. The van der Waals surface area contributed by atoms with Gasteiger partial charge in [-0.2, -0.15) is 0 Å². The van der Waals surface area contributed by atoms with E-state index in [9.17, 15) is 4.79 Å². The quantitative estimate of drug-likeness (QED) is 0.671. The molecule has 0 fully saturated rings. The summed E-state index contributed by atoms with van der Waals surface area (Å²) in [5.41, 5.74) is 1.46. The maximum absolute atomic E-state index is 11.0. The fourth-order valence-corrected chi connectivity index (χ4v) is 1.20. The number of rotatable bonds is 1. The number of carbonyl (C=O) groups excluding carboxylic acids is 1. The van der Waals surface area contributed by atoms with Gasteiger partial charge in [-0.3, -0.25) is 9.78 Å². The minimum atomic E-state index is 0.0521. The SMILES string of the molecule is CC(=O)c1cc(Br)cnc1C. The molecule has 0 unspecified atom stereocenters. The van der Waals surface area contributed by atoms with Gasteiger partial charge in [-0.05, 0) is 35.8 Å². The molecule has 0 bridgehead atoms. The second-order valence-corrected chi connectivity index (χ2v) is 3.26. The first-order valence-corrected chi connectivity index (χ1v) is 4.03. The van der Waals surface area contributed by atoms with Gasteiger partial charge in [0.15, 0.2) is 5.78 Å². The highest BCUT2D eigenvalue weighted by molar-refractivity contribution is 9.10. The fraction of sp³-hybridized carbons (Fsp3) is 0.250. The Bertz CT molecular complexity index is 296. The van der Waals surface area contributed by atoms with Crippen molar-refractivity contribution in [1.29, 1.82) is 0 Å². The van der Waals surface area contributed by atoms with Gasteiger partial charge < -0.3 is 0 Å². The van der Waals surface area contributed by atoms with Crippen molar-refractivity contribution in [3.05, 3.63) is 28.0 Å². The molecule has 0 aliphatic heterocycles. The van der Waals surface area contributed by atoms with E-state index in [-0.39, 0.29) is 5.78 Å². The van der Waals surface area contributed by atoms with Gasteiger partial charge in [0.05, 0.1) is 0 Å². The molecule has 3 heteroatoms. The molecule has 11 heavy (non-hydrogen) atoms. The lowest BCUT2D eigenvalue weighted by atomic mass is 10.1. The molecule has 1 heterocycles. The van der Waals surface area contributed by atoms with Crippen LogP contribution >= 0.6 is 15.9 Å². The lowest BCUT2D eigenvalue weighted by molar-refractivity contribution is 0.101. The zero-order valence-electron chi connectivity index (χ0n) is 6.39. The predicted molar refractivity (Wildman–Crippen MR) is 46.7 cm³/mol. The Hall–Kier alpha value is -0.700. The van der Waals surface area contributed by atoms with Crippen molar-refractivity contribution >= 4 is 21.7 Å². The predicted octanol–water partition coefficient (Wildman–Crippen LogP) is 2.36. The van der Waals surface area contributed by atoms with Crippen molar-refractivity contribution in [3.63, 3.8) is 0 Å². The molecule has 0 spiro atoms. The standard InChI is InChI=1S/C8H8BrNO/c1-5-8(6(2)11)3-7(9)4-10-5/h3-4H,1-2H3. The monoisotopic (exact) mass is 213 g/mol. The molecular formula is C8H8BrNO. The Morgan fingerprint density at radius 3 is 2.73 bits per heavy atom. The summed E-state index contributed by atoms with van der Waals surface area (Å²) in [5, 5.41) is 0. The number of Topliss-reactive ketones (excluding diaryl/α,β-unsaturated/α-hetero) is 1. The Balaban J connectivity index is 3.23. The van der Waals surface area contributed by atoms with Crippen LogP contribution in [-0.4, -0.2) is 10.8 Å². The number of halogens is 1. The zero-order valence-corrected chi connectivity index (χ0v) is 7.97. The molecular weight excluding hydrogens is 206 g/mol. The molecule has 0 saturated heterocycles. The van der Waals surface area contributed by atoms with Gasteiger partial charge in [-0.1, -0.05) is 0 Å². The number of pyridine rings is 1. The van der Waals surface area contributed by atoms with E-state index in [4.69, 9.17) is 0 Å². The van der Waals surface area contributed by atoms with Crippen molar-refractivity contribution in [2.75, 3.05) is 0 Å². The van der Waals surface area contributed by atoms with E-state index < -0.39 is 0 Å². The van der Waals surface area contributed by atoms with Crippen LogP contribution in [0.25, 0.3) is 0 Å². The molecule has 0 atom stereocenters. The lowest BCUT2D eigenvalue weighted by Gasteiger charge is -1.99. The van der Waals surface area contributed by atoms with E-state index in [0.29, 0.717) is 5.56 Å². The summed E-state index contributed by atoms with van der Waals surface area (Å²) < 4.78 is 0.841. The Morgan fingerprint density at radius 1 is 1.64 bits per heavy atom. The van der Waals surface area contributed by atoms with Crippen molar-refractivity contribution in [3.8, 4) is 0 Å². The van der Waals surface area contributed by atoms with Gasteiger partial charge in [-0.15, -0.1) is 0 Å². The van der Waals surface area contributed by atoms with Gasteiger partial charge in [0.25, 0.3) is 0 Å². The van der Waals surface area contributed by atoms with E-state index in [1.54, 1.807) is 12.3 Å². The fourth-order valence-electron chi connectivity index (χ4n) is 0.864. The van der Waals surface area contributed by atoms with Crippen LogP contribution in [0.1, 0.15) is 23.0 Å². The topological polar surface area (TPSA) is 30.0 Å². The summed E-state index contributed by atoms with van der Waals surface area (Å²) in [6.07, 6.45) is 1.68. The Labute approximate surface area is 73.8 Å². The molecule has 2 nitrogen and oxygen atoms in total. The summed E-state index contributed by atoms with van der Waals surface area (Å²) >= 11 is 3.25. The van der Waals surface area contributed by atoms with Crippen molar-refractivity contribution in [1.82, 2.24) is 4.98 Å². The second-order valence-electron chi connectivity index (χ2n) is 2.34. The van der Waals surface area contributed by atoms with Crippen LogP contribution in [0, 0.1) is 6.92 Å². The Kier molecular flexibility index (Phi) is 2.39. The maximum atomic E-state index is 11.0. The second kappa shape index (κ2) is 3.13.